The highest BCUT2D eigenvalue weighted by Crippen LogP contribution is 2.18. The van der Waals surface area contributed by atoms with E-state index in [4.69, 9.17) is 9.84 Å². The summed E-state index contributed by atoms with van der Waals surface area (Å²) >= 11 is 0. The van der Waals surface area contributed by atoms with Crippen LogP contribution in [-0.2, 0) is 16.1 Å². The van der Waals surface area contributed by atoms with Crippen LogP contribution in [0.5, 0.6) is 5.75 Å². The maximum absolute atomic E-state index is 12.1. The van der Waals surface area contributed by atoms with E-state index in [0.717, 1.165) is 11.3 Å². The summed E-state index contributed by atoms with van der Waals surface area (Å²) in [5.74, 6) is -0.179. The number of likely N-dealkylation sites (N-methyl/N-ethyl adjacent to an activating group) is 2. The normalized spacial score (nSPS) is 10.5. The van der Waals surface area contributed by atoms with E-state index < -0.39 is 5.97 Å². The van der Waals surface area contributed by atoms with Crippen molar-refractivity contribution in [1.29, 1.82) is 0 Å². The molecule has 0 saturated carbocycles. The van der Waals surface area contributed by atoms with Gasteiger partial charge in [0, 0.05) is 25.7 Å². The second-order valence-corrected chi connectivity index (χ2v) is 4.94. The first-order valence-corrected chi connectivity index (χ1v) is 6.70. The Morgan fingerprint density at radius 2 is 1.90 bits per heavy atom. The standard InChI is InChI=1S/C15H22N2O4/c1-16(9-8-15(19)20)11-14(18)17(2)10-12-6-4-5-7-13(12)21-3/h4-7H,8-11H2,1-3H3,(H,19,20). The first-order chi connectivity index (χ1) is 9.93. The quantitative estimate of drug-likeness (QED) is 0.776. The molecule has 1 N–H and O–H groups in total. The lowest BCUT2D eigenvalue weighted by molar-refractivity contribution is -0.138. The molecule has 0 spiro atoms. The number of carboxylic acids is 1. The number of para-hydroxylation sites is 1. The molecule has 21 heavy (non-hydrogen) atoms. The van der Waals surface area contributed by atoms with Crippen LogP contribution in [-0.4, -0.2) is 61.1 Å². The summed E-state index contributed by atoms with van der Waals surface area (Å²) in [5.41, 5.74) is 0.934. The predicted octanol–water partition coefficient (Wildman–Crippen LogP) is 1.06. The largest absolute Gasteiger partial charge is 0.496 e. The number of hydrogen-bond donors (Lipinski definition) is 1. The molecule has 0 aliphatic carbocycles. The lowest BCUT2D eigenvalue weighted by Gasteiger charge is -2.22. The van der Waals surface area contributed by atoms with E-state index in [1.54, 1.807) is 31.0 Å². The third-order valence-electron chi connectivity index (χ3n) is 3.14. The number of amides is 1. The lowest BCUT2D eigenvalue weighted by Crippen LogP contribution is -2.37. The van der Waals surface area contributed by atoms with Crippen LogP contribution in [0.1, 0.15) is 12.0 Å². The van der Waals surface area contributed by atoms with Gasteiger partial charge in [0.1, 0.15) is 5.75 Å². The van der Waals surface area contributed by atoms with Crippen molar-refractivity contribution >= 4 is 11.9 Å². The predicted molar refractivity (Wildman–Crippen MR) is 79.2 cm³/mol. The lowest BCUT2D eigenvalue weighted by atomic mass is 10.2. The van der Waals surface area contributed by atoms with E-state index in [-0.39, 0.29) is 18.9 Å². The Hall–Kier alpha value is -2.08. The first kappa shape index (κ1) is 17.0. The highest BCUT2D eigenvalue weighted by atomic mass is 16.5. The van der Waals surface area contributed by atoms with Crippen molar-refractivity contribution in [3.05, 3.63) is 29.8 Å². The van der Waals surface area contributed by atoms with Crippen LogP contribution in [0.2, 0.25) is 0 Å². The average molecular weight is 294 g/mol. The van der Waals surface area contributed by atoms with Crippen molar-refractivity contribution in [2.24, 2.45) is 0 Å². The SMILES string of the molecule is COc1ccccc1CN(C)C(=O)CN(C)CCC(=O)O. The van der Waals surface area contributed by atoms with Crippen LogP contribution in [0.4, 0.5) is 0 Å². The Bertz CT molecular complexity index is 490. The van der Waals surface area contributed by atoms with Gasteiger partial charge in [-0.15, -0.1) is 0 Å². The molecule has 1 rings (SSSR count). The Morgan fingerprint density at radius 3 is 2.52 bits per heavy atom. The minimum absolute atomic E-state index is 0.0278. The van der Waals surface area contributed by atoms with Crippen molar-refractivity contribution in [2.45, 2.75) is 13.0 Å². The molecule has 6 nitrogen and oxygen atoms in total. The number of carbonyl (C=O) groups excluding carboxylic acids is 1. The Balaban J connectivity index is 2.52. The van der Waals surface area contributed by atoms with Gasteiger partial charge in [-0.1, -0.05) is 18.2 Å². The number of rotatable bonds is 8. The van der Waals surface area contributed by atoms with Crippen molar-refractivity contribution in [3.8, 4) is 5.75 Å². The molecule has 1 aromatic carbocycles. The molecular formula is C15H22N2O4. The van der Waals surface area contributed by atoms with Gasteiger partial charge in [-0.05, 0) is 13.1 Å². The zero-order chi connectivity index (χ0) is 15.8. The molecule has 0 fully saturated rings. The summed E-state index contributed by atoms with van der Waals surface area (Å²) in [6, 6.07) is 7.54. The van der Waals surface area contributed by atoms with Gasteiger partial charge in [0.05, 0.1) is 20.1 Å². The molecule has 0 radical (unpaired) electrons. The van der Waals surface area contributed by atoms with E-state index >= 15 is 0 Å². The molecule has 0 aliphatic rings. The summed E-state index contributed by atoms with van der Waals surface area (Å²) < 4.78 is 5.26. The molecule has 6 heteroatoms. The number of nitrogens with zero attached hydrogens (tertiary/aromatic N) is 2. The molecule has 0 aliphatic heterocycles. The number of aliphatic carboxylic acids is 1. The van der Waals surface area contributed by atoms with Crippen LogP contribution in [0, 0.1) is 0 Å². The highest BCUT2D eigenvalue weighted by Gasteiger charge is 2.14. The van der Waals surface area contributed by atoms with E-state index in [0.29, 0.717) is 13.1 Å². The van der Waals surface area contributed by atoms with E-state index in [1.165, 1.54) is 0 Å². The molecule has 0 aromatic heterocycles. The first-order valence-electron chi connectivity index (χ1n) is 6.70. The summed E-state index contributed by atoms with van der Waals surface area (Å²) in [6.45, 7) is 0.998. The number of carboxylic acid groups (broad SMARTS) is 1. The maximum atomic E-state index is 12.1. The minimum Gasteiger partial charge on any atom is -0.496 e. The zero-order valence-electron chi connectivity index (χ0n) is 12.7. The van der Waals surface area contributed by atoms with E-state index in [2.05, 4.69) is 0 Å². The van der Waals surface area contributed by atoms with Crippen molar-refractivity contribution in [3.63, 3.8) is 0 Å². The molecule has 0 heterocycles. The van der Waals surface area contributed by atoms with Gasteiger partial charge >= 0.3 is 5.97 Å². The smallest absolute Gasteiger partial charge is 0.304 e. The molecule has 0 bridgehead atoms. The van der Waals surface area contributed by atoms with E-state index in [1.807, 2.05) is 24.3 Å². The number of benzene rings is 1. The number of hydrogen-bond acceptors (Lipinski definition) is 4. The van der Waals surface area contributed by atoms with Gasteiger partial charge < -0.3 is 14.7 Å². The average Bonchev–Trinajstić information content (AvgIpc) is 2.45. The van der Waals surface area contributed by atoms with Crippen LogP contribution in [0.15, 0.2) is 24.3 Å². The van der Waals surface area contributed by atoms with Crippen molar-refractivity contribution in [1.82, 2.24) is 9.80 Å². The number of carbonyl (C=O) groups is 2. The third kappa shape index (κ3) is 5.83. The molecule has 1 amide bonds. The van der Waals surface area contributed by atoms with Gasteiger partial charge in [0.15, 0.2) is 0 Å². The minimum atomic E-state index is -0.864. The highest BCUT2D eigenvalue weighted by molar-refractivity contribution is 5.78. The van der Waals surface area contributed by atoms with Crippen LogP contribution in [0.3, 0.4) is 0 Å². The van der Waals surface area contributed by atoms with Crippen LogP contribution in [0.25, 0.3) is 0 Å². The fourth-order valence-corrected chi connectivity index (χ4v) is 1.89. The summed E-state index contributed by atoms with van der Waals surface area (Å²) in [6.07, 6.45) is 0.0278. The molecule has 0 saturated heterocycles. The summed E-state index contributed by atoms with van der Waals surface area (Å²) in [4.78, 5) is 25.9. The van der Waals surface area contributed by atoms with Crippen molar-refractivity contribution < 1.29 is 19.4 Å². The maximum Gasteiger partial charge on any atom is 0.304 e. The number of ether oxygens (including phenoxy) is 1. The topological polar surface area (TPSA) is 70.1 Å². The molecular weight excluding hydrogens is 272 g/mol. The van der Waals surface area contributed by atoms with Gasteiger partial charge in [0.25, 0.3) is 0 Å². The third-order valence-corrected chi connectivity index (χ3v) is 3.14. The van der Waals surface area contributed by atoms with Crippen LogP contribution >= 0.6 is 0 Å². The summed E-state index contributed by atoms with van der Waals surface area (Å²) in [7, 11) is 5.05. The van der Waals surface area contributed by atoms with Gasteiger partial charge in [0.2, 0.25) is 5.91 Å². The molecule has 0 unspecified atom stereocenters. The van der Waals surface area contributed by atoms with Crippen LogP contribution < -0.4 is 4.74 Å². The fourth-order valence-electron chi connectivity index (χ4n) is 1.89. The second-order valence-electron chi connectivity index (χ2n) is 4.94. The van der Waals surface area contributed by atoms with Crippen molar-refractivity contribution in [2.75, 3.05) is 34.3 Å². The zero-order valence-corrected chi connectivity index (χ0v) is 12.7. The summed E-state index contributed by atoms with van der Waals surface area (Å²) in [5, 5.41) is 8.62. The Labute approximate surface area is 124 Å². The van der Waals surface area contributed by atoms with E-state index in [9.17, 15) is 9.59 Å². The fraction of sp³-hybridized carbons (Fsp3) is 0.467. The Morgan fingerprint density at radius 1 is 1.24 bits per heavy atom. The molecule has 116 valence electrons. The molecule has 1 aromatic rings. The second kappa shape index (κ2) is 8.26. The van der Waals surface area contributed by atoms with Gasteiger partial charge in [-0.3, -0.25) is 14.5 Å². The number of methoxy groups -OCH3 is 1. The van der Waals surface area contributed by atoms with Gasteiger partial charge in [-0.25, -0.2) is 0 Å². The monoisotopic (exact) mass is 294 g/mol. The molecule has 0 atom stereocenters. The van der Waals surface area contributed by atoms with Gasteiger partial charge in [-0.2, -0.15) is 0 Å². The Kier molecular flexibility index (Phi) is 6.68.